The van der Waals surface area contributed by atoms with Crippen LogP contribution in [0, 0.1) is 5.92 Å². The molecule has 0 spiro atoms. The van der Waals surface area contributed by atoms with Crippen LogP contribution in [-0.4, -0.2) is 213 Å². The summed E-state index contributed by atoms with van der Waals surface area (Å²) in [6, 6.07) is 32.5. The van der Waals surface area contributed by atoms with E-state index in [1.165, 1.54) is 31.9 Å². The predicted molar refractivity (Wildman–Crippen MR) is 576 cm³/mol. The highest BCUT2D eigenvalue weighted by Gasteiger charge is 2.44. The second-order valence-corrected chi connectivity index (χ2v) is 41.9. The highest BCUT2D eigenvalue weighted by atomic mass is 32.2. The van der Waals surface area contributed by atoms with Gasteiger partial charge < -0.3 is 103 Å². The van der Waals surface area contributed by atoms with Crippen LogP contribution in [0.2, 0.25) is 0 Å². The topological polar surface area (TPSA) is 599 Å². The SMILES string of the molecule is CC(C)(C)OC(=O)CCCCCCC(=O)O.CC(C)c1cc(-c2n[nH]c(=O)n2-c2ccc3c(ccn3CCN)c2)c(O)cc1O.CC(C)c1cc(-c2n[nH]c(=O)n2-c2ccc3c(ccn3CCNC(=O)CCCCCCC(=O)CCCC[C@H]3SC[C@@H]4NC(=O)N[C@@H]43)c2)c(O)cc1O.CC(C)c1cc(-c2n[nH]c(=O)n2-c2ccc3c(ccn3CCNC(=O)CCCCCN)c2)c(O)cc1O.O=C(O)CCCC[C@@H]1CC[C@H]2NC(=O)N[C@@H]12. The zero-order valence-corrected chi connectivity index (χ0v) is 87.7. The van der Waals surface area contributed by atoms with E-state index in [4.69, 9.17) is 26.4 Å². The predicted octanol–water partition coefficient (Wildman–Crippen LogP) is 15.3. The van der Waals surface area contributed by atoms with Crippen LogP contribution in [0.15, 0.2) is 142 Å². The number of amides is 6. The molecule has 150 heavy (non-hydrogen) atoms. The summed E-state index contributed by atoms with van der Waals surface area (Å²) in [4.78, 5) is 129. The number of aromatic nitrogens is 12. The van der Waals surface area contributed by atoms with Crippen LogP contribution in [0.1, 0.15) is 264 Å². The number of aromatic hydroxyl groups is 6. The minimum Gasteiger partial charge on any atom is -0.508 e. The largest absolute Gasteiger partial charge is 0.508 e. The Kier molecular flexibility index (Phi) is 41.1. The number of Topliss-reactive ketones (excluding diaryl/α,β-unsaturated/α-hetero) is 1. The molecule has 6 amide bonds. The molecule has 6 atom stereocenters. The maximum absolute atomic E-state index is 12.9. The number of rotatable bonds is 46. The van der Waals surface area contributed by atoms with Crippen molar-refractivity contribution in [2.45, 2.75) is 302 Å². The average Bonchev–Trinajstić information content (AvgIpc) is 1.63. The molecule has 0 radical (unpaired) electrons. The minimum atomic E-state index is -0.757. The van der Waals surface area contributed by atoms with Crippen molar-refractivity contribution in [3.8, 4) is 85.7 Å². The number of hydrogen-bond donors (Lipinski definition) is 19. The molecule has 4 fully saturated rings. The number of aromatic amines is 3. The Morgan fingerprint density at radius 1 is 0.420 bits per heavy atom. The molecule has 41 heteroatoms. The summed E-state index contributed by atoms with van der Waals surface area (Å²) in [5, 5.41) is 120. The summed E-state index contributed by atoms with van der Waals surface area (Å²) < 4.78 is 15.5. The Balaban J connectivity index is 0.000000178. The number of esters is 1. The number of phenolic OH excluding ortho intramolecular Hbond substituents is 6. The Bertz CT molecular complexity index is 6850. The second kappa shape index (κ2) is 54.0. The fourth-order valence-electron chi connectivity index (χ4n) is 19.5. The number of carboxylic acids is 2. The van der Waals surface area contributed by atoms with Gasteiger partial charge in [0.25, 0.3) is 0 Å². The van der Waals surface area contributed by atoms with E-state index in [2.05, 4.69) is 67.1 Å². The van der Waals surface area contributed by atoms with Gasteiger partial charge in [-0.15, -0.1) is 0 Å². The molecule has 1 saturated carbocycles. The average molecular weight is 2090 g/mol. The number of benzene rings is 6. The first-order valence-corrected chi connectivity index (χ1v) is 53.2. The molecule has 40 nitrogen and oxygen atoms in total. The van der Waals surface area contributed by atoms with Gasteiger partial charge >= 0.3 is 47.0 Å². The van der Waals surface area contributed by atoms with Crippen molar-refractivity contribution < 1.29 is 83.9 Å². The normalized spacial score (nSPS) is 16.0. The summed E-state index contributed by atoms with van der Waals surface area (Å²) in [6.07, 6.45) is 26.2. The number of aliphatic carboxylic acids is 2. The molecule has 4 aliphatic rings. The smallest absolute Gasteiger partial charge is 0.348 e. The maximum atomic E-state index is 12.9. The molecule has 6 aromatic heterocycles. The first-order chi connectivity index (χ1) is 71.8. The molecule has 16 rings (SSSR count). The number of nitrogens with two attached hydrogens (primary N) is 2. The summed E-state index contributed by atoms with van der Waals surface area (Å²) in [6.45, 7) is 21.2. The Hall–Kier alpha value is -14.6. The number of phenols is 6. The van der Waals surface area contributed by atoms with Crippen molar-refractivity contribution in [1.29, 1.82) is 0 Å². The van der Waals surface area contributed by atoms with E-state index in [1.807, 2.05) is 175 Å². The quantitative estimate of drug-likeness (QED) is 0.00957. The number of carboxylic acid groups (broad SMARTS) is 2. The van der Waals surface area contributed by atoms with Crippen molar-refractivity contribution in [2.24, 2.45) is 17.4 Å². The molecule has 6 aromatic carbocycles. The van der Waals surface area contributed by atoms with Crippen LogP contribution in [0.5, 0.6) is 34.5 Å². The number of ketones is 1. The Morgan fingerprint density at radius 2 is 0.793 bits per heavy atom. The Morgan fingerprint density at radius 3 is 1.20 bits per heavy atom. The minimum absolute atomic E-state index is 0.00689. The van der Waals surface area contributed by atoms with Crippen LogP contribution < -0.4 is 60.4 Å². The summed E-state index contributed by atoms with van der Waals surface area (Å²) in [5.74, 6) is 0.473. The van der Waals surface area contributed by atoms with Gasteiger partial charge in [-0.3, -0.25) is 28.8 Å². The highest BCUT2D eigenvalue weighted by Crippen LogP contribution is 2.43. The van der Waals surface area contributed by atoms with Gasteiger partial charge in [-0.25, -0.2) is 53.0 Å². The van der Waals surface area contributed by atoms with E-state index in [1.54, 1.807) is 18.2 Å². The number of thioether (sulfide) groups is 1. The lowest BCUT2D eigenvalue weighted by Gasteiger charge is -2.19. The zero-order valence-electron chi connectivity index (χ0n) is 86.9. The summed E-state index contributed by atoms with van der Waals surface area (Å²) >= 11 is 1.91. The molecule has 12 aromatic rings. The number of nitrogens with one attached hydrogen (secondary N) is 9. The van der Waals surface area contributed by atoms with E-state index in [0.29, 0.717) is 158 Å². The number of carbonyl (C=O) groups excluding carboxylic acids is 6. The third-order valence-electron chi connectivity index (χ3n) is 27.2. The van der Waals surface area contributed by atoms with Gasteiger partial charge in [0.2, 0.25) is 11.8 Å². The molecular formula is C109H146N20O20S. The molecule has 1 aliphatic carbocycles. The zero-order chi connectivity index (χ0) is 108. The molecular weight excluding hydrogens is 1940 g/mol. The lowest BCUT2D eigenvalue weighted by atomic mass is 9.96. The van der Waals surface area contributed by atoms with Gasteiger partial charge in [-0.2, -0.15) is 27.1 Å². The van der Waals surface area contributed by atoms with E-state index in [0.717, 1.165) is 154 Å². The first kappa shape index (κ1) is 114. The third kappa shape index (κ3) is 31.1. The van der Waals surface area contributed by atoms with Gasteiger partial charge in [0.1, 0.15) is 45.9 Å². The third-order valence-corrected chi connectivity index (χ3v) is 28.7. The monoisotopic (exact) mass is 2090 g/mol. The fourth-order valence-corrected chi connectivity index (χ4v) is 21.0. The van der Waals surface area contributed by atoms with E-state index in [-0.39, 0.29) is 131 Å². The highest BCUT2D eigenvalue weighted by molar-refractivity contribution is 8.00. The van der Waals surface area contributed by atoms with Crippen molar-refractivity contribution in [3.05, 3.63) is 176 Å². The lowest BCUT2D eigenvalue weighted by Crippen LogP contribution is -2.36. The first-order valence-electron chi connectivity index (χ1n) is 52.1. The van der Waals surface area contributed by atoms with Gasteiger partial charge in [0, 0.05) is 165 Å². The summed E-state index contributed by atoms with van der Waals surface area (Å²) in [5.41, 5.74) is 17.1. The number of ether oxygens (including phenoxy) is 1. The number of H-pyrrole nitrogens is 3. The molecule has 0 bridgehead atoms. The van der Waals surface area contributed by atoms with Crippen LogP contribution in [0.4, 0.5) is 9.59 Å². The number of unbranched alkanes of at least 4 members (excludes halogenated alkanes) is 10. The van der Waals surface area contributed by atoms with Crippen molar-refractivity contribution in [3.63, 3.8) is 0 Å². The number of nitrogens with zero attached hydrogens (tertiary/aromatic N) is 9. The molecule has 0 unspecified atom stereocenters. The summed E-state index contributed by atoms with van der Waals surface area (Å²) in [7, 11) is 0. The van der Waals surface area contributed by atoms with Crippen LogP contribution >= 0.6 is 11.8 Å². The van der Waals surface area contributed by atoms with Crippen molar-refractivity contribution >= 4 is 92.0 Å². The van der Waals surface area contributed by atoms with Crippen LogP contribution in [0.3, 0.4) is 0 Å². The molecule has 808 valence electrons. The molecule has 9 heterocycles. The number of carbonyl (C=O) groups is 8. The number of hydrogen-bond acceptors (Lipinski definition) is 24. The molecule has 21 N–H and O–H groups in total. The lowest BCUT2D eigenvalue weighted by molar-refractivity contribution is -0.155. The number of fused-ring (bicyclic) bond motifs is 5. The fraction of sp³-hybridized carbons (Fsp3) is 0.486. The van der Waals surface area contributed by atoms with Gasteiger partial charge in [-0.05, 0) is 236 Å². The van der Waals surface area contributed by atoms with Crippen LogP contribution in [-0.2, 0) is 53.1 Å². The second-order valence-electron chi connectivity index (χ2n) is 40.6. The van der Waals surface area contributed by atoms with Gasteiger partial charge in [0.05, 0.1) is 57.9 Å². The van der Waals surface area contributed by atoms with Crippen molar-refractivity contribution in [2.75, 3.05) is 31.9 Å². The van der Waals surface area contributed by atoms with Crippen LogP contribution in [0.25, 0.3) is 83.9 Å². The molecule has 3 saturated heterocycles. The van der Waals surface area contributed by atoms with Gasteiger partial charge in [-0.1, -0.05) is 86.5 Å². The maximum Gasteiger partial charge on any atom is 0.348 e. The number of urea groups is 2. The van der Waals surface area contributed by atoms with Gasteiger partial charge in [0.15, 0.2) is 17.5 Å². The van der Waals surface area contributed by atoms with E-state index < -0.39 is 34.6 Å². The Labute approximate surface area is 873 Å². The molecule has 3 aliphatic heterocycles. The standard InChI is InChI=1S/C38H49N7O6S.C27H34N6O4.C21H23N5O3.C12H22O4.C11H18N2O3/c1-23(2)27-20-28(32(48)21-31(27)47)36-42-43-38(51)45(36)25-13-14-30-24(19-25)15-17-44(30)18-16-39-34(49)12-6-4-3-5-9-26(46)10-7-8-11-33-35-29(22-52-33)40-37(50)41-35;1-17(2)20-15-21(24(35)16-23(20)34)26-30-31-27(37)33(26)19-7-8-22-18(14-19)9-12-32(22)13-11-29-25(36)6-4-3-5-10-28;1-12(2)15-10-16(19(28)11-18(15)27)20-23-24-21(29)26(20)14-3-4-17-13(9-14)5-7-25(17)8-6-22;1-12(2,3)16-11(15)9-7-5-4-6-8-10(13)14;14-9(15)4-2-1-3-7-5-6-8-10(7)13-11(16)12-8/h13-15,17,19-21,23,29,33,35,47-48H,3-12,16,18,22H2,1-2H3,(H,39,49)(H,43,51)(H2,40,41,50);7-9,12,14-17,34-35H,3-6,10-11,13,28H2,1-2H3,(H,29,36)(H,31,37);3-5,7,9-12,27-28H,6,8,22H2,1-2H3,(H,24,29);4-9H2,1-3H3,(H,13,14);7-8,10H,1-6H2,(H,14,15)(H2,12,13,16)/t29-,33+,35-;;;;7-,8-,10+/m0...1/s1. The van der Waals surface area contributed by atoms with E-state index >= 15 is 0 Å². The van der Waals surface area contributed by atoms with E-state index in [9.17, 15) is 83.4 Å². The van der Waals surface area contributed by atoms with Crippen molar-refractivity contribution in [1.82, 2.24) is 89.9 Å².